The Hall–Kier alpha value is -14.0. The van der Waals surface area contributed by atoms with Gasteiger partial charge in [0.2, 0.25) is 0 Å². The van der Waals surface area contributed by atoms with Gasteiger partial charge in [0.05, 0.1) is 22.1 Å². The van der Waals surface area contributed by atoms with Crippen LogP contribution in [0.2, 0.25) is 0 Å². The van der Waals surface area contributed by atoms with E-state index in [1.165, 1.54) is 117 Å². The quantitative estimate of drug-likeness (QED) is 0.128. The lowest BCUT2D eigenvalue weighted by atomic mass is 9.97. The number of fused-ring (bicyclic) bond motifs is 18. The predicted molar refractivity (Wildman–Crippen MR) is 482 cm³/mol. The fraction of sp³-hybridized carbons (Fsp3) is 0. The fourth-order valence-corrected chi connectivity index (χ4v) is 22.3. The van der Waals surface area contributed by atoms with E-state index < -0.39 is 0 Å². The summed E-state index contributed by atoms with van der Waals surface area (Å²) in [7, 11) is 0. The van der Waals surface area contributed by atoms with Crippen molar-refractivity contribution in [3.05, 3.63) is 352 Å². The number of thiophene rings is 4. The van der Waals surface area contributed by atoms with Gasteiger partial charge < -0.3 is 9.13 Å². The summed E-state index contributed by atoms with van der Waals surface area (Å²) in [6.07, 6.45) is 0. The van der Waals surface area contributed by atoms with Crippen LogP contribution in [0.1, 0.15) is 0 Å². The number of aromatic nitrogens is 8. The van der Waals surface area contributed by atoms with Gasteiger partial charge in [-0.05, 0) is 143 Å². The Bertz CT molecular complexity index is 8130. The van der Waals surface area contributed by atoms with Gasteiger partial charge in [0, 0.05) is 147 Å². The molecule has 0 atom stereocenters. The number of nitrogens with zero attached hydrogens (tertiary/aromatic N) is 8. The Morgan fingerprint density at radius 3 is 1.16 bits per heavy atom. The first-order valence-electron chi connectivity index (χ1n) is 38.1. The van der Waals surface area contributed by atoms with Crippen LogP contribution in [0.4, 0.5) is 0 Å². The van der Waals surface area contributed by atoms with Crippen molar-refractivity contribution < 1.29 is 0 Å². The van der Waals surface area contributed by atoms with Crippen molar-refractivity contribution in [2.45, 2.75) is 0 Å². The van der Waals surface area contributed by atoms with Crippen LogP contribution in [0, 0.1) is 0 Å². The minimum absolute atomic E-state index is 0.594. The molecule has 12 heteroatoms. The highest BCUT2D eigenvalue weighted by Gasteiger charge is 2.25. The van der Waals surface area contributed by atoms with Crippen LogP contribution < -0.4 is 0 Å². The van der Waals surface area contributed by atoms with Crippen molar-refractivity contribution in [3.63, 3.8) is 0 Å². The summed E-state index contributed by atoms with van der Waals surface area (Å²) in [5, 5.41) is 14.5. The molecule has 8 nitrogen and oxygen atoms in total. The number of rotatable bonds is 11. The molecule has 24 rings (SSSR count). The van der Waals surface area contributed by atoms with E-state index in [-0.39, 0.29) is 0 Å². The average Bonchev–Trinajstić information content (AvgIpc) is 1.59. The lowest BCUT2D eigenvalue weighted by Gasteiger charge is -2.11. The van der Waals surface area contributed by atoms with Crippen molar-refractivity contribution in [2.24, 2.45) is 0 Å². The molecule has 0 radical (unpaired) electrons. The van der Waals surface area contributed by atoms with Crippen LogP contribution in [0.3, 0.4) is 0 Å². The highest BCUT2D eigenvalue weighted by atomic mass is 32.1. The highest BCUT2D eigenvalue weighted by molar-refractivity contribution is 7.27. The van der Waals surface area contributed by atoms with E-state index in [0.717, 1.165) is 85.5 Å². The molecule has 0 unspecified atom stereocenters. The lowest BCUT2D eigenvalue weighted by molar-refractivity contribution is 1.08. The molecule has 0 aliphatic rings. The van der Waals surface area contributed by atoms with E-state index in [1.54, 1.807) is 22.7 Å². The Kier molecular flexibility index (Phi) is 14.7. The molecule has 0 N–H and O–H groups in total. The molecule has 0 saturated carbocycles. The Morgan fingerprint density at radius 2 is 0.526 bits per heavy atom. The number of hydrogen-bond acceptors (Lipinski definition) is 10. The number of benzene rings is 16. The van der Waals surface area contributed by atoms with Crippen molar-refractivity contribution in [1.29, 1.82) is 0 Å². The highest BCUT2D eigenvalue weighted by Crippen LogP contribution is 2.49. The van der Waals surface area contributed by atoms with Crippen molar-refractivity contribution in [2.75, 3.05) is 0 Å². The monoisotopic (exact) mass is 1520 g/mol. The van der Waals surface area contributed by atoms with E-state index in [4.69, 9.17) is 29.9 Å². The fourth-order valence-electron chi connectivity index (χ4n) is 17.4. The third-order valence-electron chi connectivity index (χ3n) is 22.7. The summed E-state index contributed by atoms with van der Waals surface area (Å²) < 4.78 is 14.2. The molecule has 0 aliphatic heterocycles. The summed E-state index contributed by atoms with van der Waals surface area (Å²) in [6, 6.07) is 127. The molecule has 0 bridgehead atoms. The molecule has 24 aromatic rings. The van der Waals surface area contributed by atoms with Gasteiger partial charge in [0.1, 0.15) is 0 Å². The summed E-state index contributed by atoms with van der Waals surface area (Å²) in [5.74, 6) is 3.68. The van der Waals surface area contributed by atoms with Crippen LogP contribution in [0.25, 0.3) is 237 Å². The number of para-hydroxylation sites is 4. The van der Waals surface area contributed by atoms with Gasteiger partial charge in [0.25, 0.3) is 0 Å². The van der Waals surface area contributed by atoms with Crippen molar-refractivity contribution in [1.82, 2.24) is 39.0 Å². The van der Waals surface area contributed by atoms with Gasteiger partial charge in [-0.2, -0.15) is 0 Å². The maximum absolute atomic E-state index is 5.49. The average molecular weight is 1520 g/mol. The molecule has 0 saturated heterocycles. The molecule has 16 aromatic carbocycles. The van der Waals surface area contributed by atoms with Crippen LogP contribution in [0.15, 0.2) is 352 Å². The first kappa shape index (κ1) is 64.8. The van der Waals surface area contributed by atoms with Crippen LogP contribution in [0.5, 0.6) is 0 Å². The maximum Gasteiger partial charge on any atom is 0.165 e. The SMILES string of the molecule is c1ccc(-c2nc(-c3ccc4c(c3)sc3cc(-c5ccc6c(c5)c5ccccc5n6-c5ccccc5)ccc34)nc(-c3cccc4c3sc3cccc(-c5cccc(-c6nc(-c7ccc8c(c7)sc7c(-c9ccc%10c(c9)c9ccccc9n%10-c9ccccc9)cccc78)nc(-c7cccc8c7sc7ccccc78)n6)c5)c34)n2)cc1. The third kappa shape index (κ3) is 10.4. The van der Waals surface area contributed by atoms with Crippen molar-refractivity contribution in [3.8, 4) is 113 Å². The maximum atomic E-state index is 5.49. The van der Waals surface area contributed by atoms with Gasteiger partial charge in [-0.3, -0.25) is 0 Å². The molecule has 0 fully saturated rings. The molecular formula is C102H58N8S4. The van der Waals surface area contributed by atoms with E-state index in [9.17, 15) is 0 Å². The molecule has 8 aromatic heterocycles. The van der Waals surface area contributed by atoms with Crippen molar-refractivity contribution >= 4 is 170 Å². The van der Waals surface area contributed by atoms with Gasteiger partial charge in [-0.15, -0.1) is 45.3 Å². The van der Waals surface area contributed by atoms with E-state index in [0.29, 0.717) is 34.9 Å². The summed E-state index contributed by atoms with van der Waals surface area (Å²) in [6.45, 7) is 0. The second-order valence-electron chi connectivity index (χ2n) is 29.2. The Balaban J connectivity index is 0.598. The molecule has 0 amide bonds. The Labute approximate surface area is 668 Å². The zero-order valence-corrected chi connectivity index (χ0v) is 64.0. The summed E-state index contributed by atoms with van der Waals surface area (Å²) in [4.78, 5) is 32.5. The second kappa shape index (κ2) is 25.8. The summed E-state index contributed by atoms with van der Waals surface area (Å²) >= 11 is 7.19. The smallest absolute Gasteiger partial charge is 0.165 e. The van der Waals surface area contributed by atoms with E-state index >= 15 is 0 Å². The van der Waals surface area contributed by atoms with Crippen LogP contribution >= 0.6 is 45.3 Å². The minimum atomic E-state index is 0.594. The topological polar surface area (TPSA) is 87.2 Å². The summed E-state index contributed by atoms with van der Waals surface area (Å²) in [5.41, 5.74) is 19.5. The molecule has 8 heterocycles. The van der Waals surface area contributed by atoms with Gasteiger partial charge in [-0.25, -0.2) is 29.9 Å². The van der Waals surface area contributed by atoms with E-state index in [1.807, 2.05) is 40.9 Å². The van der Waals surface area contributed by atoms with Gasteiger partial charge in [-0.1, -0.05) is 243 Å². The molecule has 114 heavy (non-hydrogen) atoms. The standard InChI is InChI=1S/C102H58N8S4/c1-4-21-59(22-5-1)97-103-99(65-44-49-75-74-48-43-61(56-90(74)111-91(75)57-65)60-46-51-86-82(54-60)71-29-10-13-39-84(71)109(86)67-25-6-2-7-26-67)107-102(105-97)81-38-19-36-79-93-69(32-20-42-89(93)113-96(79)81)62-23-16-24-64(53-62)98-104-100(108-101(106-98)80-37-18-35-77-73-31-12-15-41-88(73)112-95(77)80)66-45-50-76-78-34-17-33-70(94(78)114-92(76)58-66)63-47-52-87-83(55-63)72-30-11-14-40-85(72)110(87)68-27-8-3-9-28-68/h1-58H. The van der Waals surface area contributed by atoms with Crippen LogP contribution in [-0.2, 0) is 0 Å². The first-order chi connectivity index (χ1) is 56.5. The van der Waals surface area contributed by atoms with Gasteiger partial charge >= 0.3 is 0 Å². The Morgan fingerprint density at radius 1 is 0.175 bits per heavy atom. The molecule has 0 aliphatic carbocycles. The first-order valence-corrected chi connectivity index (χ1v) is 41.4. The zero-order valence-electron chi connectivity index (χ0n) is 60.7. The second-order valence-corrected chi connectivity index (χ2v) is 33.4. The lowest BCUT2D eigenvalue weighted by Crippen LogP contribution is -2.00. The normalized spacial score (nSPS) is 12.0. The largest absolute Gasteiger partial charge is 0.309 e. The predicted octanol–water partition coefficient (Wildman–Crippen LogP) is 28.7. The molecule has 0 spiro atoms. The van der Waals surface area contributed by atoms with E-state index in [2.05, 4.69) is 343 Å². The zero-order chi connectivity index (χ0) is 74.6. The van der Waals surface area contributed by atoms with Crippen LogP contribution in [-0.4, -0.2) is 39.0 Å². The molecular weight excluding hydrogens is 1470 g/mol. The minimum Gasteiger partial charge on any atom is -0.309 e. The third-order valence-corrected chi connectivity index (χ3v) is 27.4. The van der Waals surface area contributed by atoms with Gasteiger partial charge in [0.15, 0.2) is 34.9 Å². The molecule has 530 valence electrons. The number of hydrogen-bond donors (Lipinski definition) is 0.